The average Bonchev–Trinajstić information content (AvgIpc) is 2.58. The molecule has 1 saturated heterocycles. The molecule has 152 valence electrons. The number of carbonyl (C=O) groups is 1. The Morgan fingerprint density at radius 2 is 1.81 bits per heavy atom. The fraction of sp³-hybridized carbons (Fsp3) is 0.778. The number of carboxylic acids is 1. The topological polar surface area (TPSA) is 107 Å². The second kappa shape index (κ2) is 9.16. The average molecular weight is 380 g/mol. The van der Waals surface area contributed by atoms with E-state index in [2.05, 4.69) is 51.3 Å². The molecule has 1 aliphatic heterocycles. The third kappa shape index (κ3) is 6.50. The largest absolute Gasteiger partial charge is 0.480 e. The molecule has 0 aliphatic carbocycles. The van der Waals surface area contributed by atoms with Gasteiger partial charge in [0, 0.05) is 31.2 Å². The molecule has 0 radical (unpaired) electrons. The van der Waals surface area contributed by atoms with E-state index in [0.29, 0.717) is 17.8 Å². The first-order valence-electron chi connectivity index (χ1n) is 9.70. The molecule has 3 N–H and O–H groups in total. The summed E-state index contributed by atoms with van der Waals surface area (Å²) in [5.74, 6) is 1.02. The first-order chi connectivity index (χ1) is 12.7. The predicted molar refractivity (Wildman–Crippen MR) is 107 cm³/mol. The molecule has 0 unspecified atom stereocenters. The van der Waals surface area contributed by atoms with E-state index in [1.165, 1.54) is 0 Å². The number of aliphatic carboxylic acids is 1. The van der Waals surface area contributed by atoms with Crippen LogP contribution < -0.4 is 15.5 Å². The van der Waals surface area contributed by atoms with Crippen molar-refractivity contribution in [2.75, 3.05) is 48.3 Å². The molecule has 2 heterocycles. The van der Waals surface area contributed by atoms with Crippen molar-refractivity contribution >= 4 is 23.8 Å². The number of hydrogen-bond acceptors (Lipinski definition) is 8. The van der Waals surface area contributed by atoms with Crippen LogP contribution in [0.25, 0.3) is 0 Å². The maximum Gasteiger partial charge on any atom is 0.317 e. The van der Waals surface area contributed by atoms with Crippen molar-refractivity contribution in [3.63, 3.8) is 0 Å². The molecule has 0 spiro atoms. The van der Waals surface area contributed by atoms with Crippen molar-refractivity contribution in [1.82, 2.24) is 19.9 Å². The molecule has 1 aliphatic rings. The van der Waals surface area contributed by atoms with E-state index in [-0.39, 0.29) is 18.1 Å². The van der Waals surface area contributed by atoms with Crippen LogP contribution in [0.3, 0.4) is 0 Å². The van der Waals surface area contributed by atoms with Gasteiger partial charge in [0.25, 0.3) is 0 Å². The Morgan fingerprint density at radius 3 is 2.33 bits per heavy atom. The van der Waals surface area contributed by atoms with Gasteiger partial charge >= 0.3 is 5.97 Å². The van der Waals surface area contributed by atoms with Crippen LogP contribution in [0, 0.1) is 0 Å². The molecule has 9 nitrogen and oxygen atoms in total. The highest BCUT2D eigenvalue weighted by Crippen LogP contribution is 2.22. The number of nitrogens with one attached hydrogen (secondary N) is 2. The predicted octanol–water partition coefficient (Wildman–Crippen LogP) is 1.89. The summed E-state index contributed by atoms with van der Waals surface area (Å²) in [5, 5.41) is 15.6. The summed E-state index contributed by atoms with van der Waals surface area (Å²) in [6.45, 7) is 13.4. The summed E-state index contributed by atoms with van der Waals surface area (Å²) in [7, 11) is 0. The van der Waals surface area contributed by atoms with Crippen LogP contribution >= 0.6 is 0 Å². The first kappa shape index (κ1) is 21.1. The second-order valence-corrected chi connectivity index (χ2v) is 7.86. The number of piperidine rings is 1. The Morgan fingerprint density at radius 1 is 1.19 bits per heavy atom. The van der Waals surface area contributed by atoms with E-state index < -0.39 is 5.97 Å². The highest BCUT2D eigenvalue weighted by Gasteiger charge is 2.27. The minimum absolute atomic E-state index is 0.0944. The van der Waals surface area contributed by atoms with Crippen LogP contribution in [0.2, 0.25) is 0 Å². The lowest BCUT2D eigenvalue weighted by atomic mass is 10.0. The van der Waals surface area contributed by atoms with Gasteiger partial charge in [-0.15, -0.1) is 0 Å². The Labute approximate surface area is 161 Å². The first-order valence-corrected chi connectivity index (χ1v) is 9.70. The summed E-state index contributed by atoms with van der Waals surface area (Å²) in [5.41, 5.74) is -0.145. The van der Waals surface area contributed by atoms with Gasteiger partial charge in [0.1, 0.15) is 0 Å². The molecule has 0 bridgehead atoms. The monoisotopic (exact) mass is 379 g/mol. The second-order valence-electron chi connectivity index (χ2n) is 7.86. The van der Waals surface area contributed by atoms with Crippen molar-refractivity contribution in [3.05, 3.63) is 0 Å². The van der Waals surface area contributed by atoms with Gasteiger partial charge < -0.3 is 20.6 Å². The van der Waals surface area contributed by atoms with Crippen molar-refractivity contribution in [2.45, 2.75) is 59.0 Å². The number of carboxylic acid groups (broad SMARTS) is 1. The zero-order valence-corrected chi connectivity index (χ0v) is 17.1. The number of rotatable bonds is 8. The van der Waals surface area contributed by atoms with E-state index in [9.17, 15) is 4.79 Å². The molecule has 1 aromatic rings. The van der Waals surface area contributed by atoms with Gasteiger partial charge in [-0.3, -0.25) is 9.69 Å². The molecule has 27 heavy (non-hydrogen) atoms. The van der Waals surface area contributed by atoms with Crippen molar-refractivity contribution in [3.8, 4) is 0 Å². The fourth-order valence-corrected chi connectivity index (χ4v) is 3.24. The van der Waals surface area contributed by atoms with Gasteiger partial charge in [0.05, 0.1) is 6.54 Å². The molecule has 0 atom stereocenters. The lowest BCUT2D eigenvalue weighted by molar-refractivity contribution is -0.139. The third-order valence-corrected chi connectivity index (χ3v) is 4.45. The Balaban J connectivity index is 2.10. The van der Waals surface area contributed by atoms with Crippen LogP contribution in [0.15, 0.2) is 0 Å². The van der Waals surface area contributed by atoms with E-state index >= 15 is 0 Å². The van der Waals surface area contributed by atoms with Gasteiger partial charge in [-0.25, -0.2) is 0 Å². The number of likely N-dealkylation sites (N-methyl/N-ethyl adjacent to an activating group) is 1. The molecule has 0 amide bonds. The molecule has 2 rings (SSSR count). The summed E-state index contributed by atoms with van der Waals surface area (Å²) >= 11 is 0. The van der Waals surface area contributed by atoms with E-state index in [4.69, 9.17) is 5.11 Å². The van der Waals surface area contributed by atoms with Crippen LogP contribution in [0.5, 0.6) is 0 Å². The van der Waals surface area contributed by atoms with Gasteiger partial charge in [-0.2, -0.15) is 15.0 Å². The number of nitrogens with zero attached hydrogens (tertiary/aromatic N) is 5. The molecular formula is C18H33N7O2. The molecule has 1 fully saturated rings. The van der Waals surface area contributed by atoms with E-state index in [1.807, 2.05) is 18.7 Å². The lowest BCUT2D eigenvalue weighted by Crippen LogP contribution is -2.47. The summed E-state index contributed by atoms with van der Waals surface area (Å²) in [6, 6.07) is 0.282. The maximum atomic E-state index is 11.1. The molecule has 1 aromatic heterocycles. The van der Waals surface area contributed by atoms with Gasteiger partial charge in [0.15, 0.2) is 0 Å². The number of anilines is 3. The Hall–Kier alpha value is -2.16. The van der Waals surface area contributed by atoms with E-state index in [1.54, 1.807) is 0 Å². The Kier molecular flexibility index (Phi) is 7.18. The van der Waals surface area contributed by atoms with E-state index in [0.717, 1.165) is 39.0 Å². The fourth-order valence-electron chi connectivity index (χ4n) is 3.24. The van der Waals surface area contributed by atoms with Crippen molar-refractivity contribution in [2.24, 2.45) is 0 Å². The highest BCUT2D eigenvalue weighted by atomic mass is 16.4. The molecule has 0 saturated carbocycles. The molecule has 0 aromatic carbocycles. The summed E-state index contributed by atoms with van der Waals surface area (Å²) in [4.78, 5) is 28.9. The maximum absolute atomic E-state index is 11.1. The molecule has 9 heteroatoms. The summed E-state index contributed by atoms with van der Waals surface area (Å²) < 4.78 is 0. The third-order valence-electron chi connectivity index (χ3n) is 4.45. The van der Waals surface area contributed by atoms with Crippen molar-refractivity contribution < 1.29 is 9.90 Å². The van der Waals surface area contributed by atoms with Crippen LogP contribution in [-0.4, -0.2) is 75.2 Å². The quantitative estimate of drug-likeness (QED) is 0.624. The lowest BCUT2D eigenvalue weighted by Gasteiger charge is -2.37. The Bertz CT molecular complexity index is 625. The zero-order chi connectivity index (χ0) is 20.0. The van der Waals surface area contributed by atoms with Gasteiger partial charge in [0.2, 0.25) is 17.8 Å². The standard InChI is InChI=1S/C18H33N7O2/c1-6-19-15-20-16(23-18(3,4)5)22-17(21-15)25-10-8-13(9-11-25)24(7-2)12-14(26)27/h13H,6-12H2,1-5H3,(H,26,27)(H2,19,20,21,22,23). The van der Waals surface area contributed by atoms with Crippen LogP contribution in [0.4, 0.5) is 17.8 Å². The summed E-state index contributed by atoms with van der Waals surface area (Å²) in [6.07, 6.45) is 1.79. The zero-order valence-electron chi connectivity index (χ0n) is 17.1. The van der Waals surface area contributed by atoms with Gasteiger partial charge in [-0.05, 0) is 47.1 Å². The number of aromatic nitrogens is 3. The highest BCUT2D eigenvalue weighted by molar-refractivity contribution is 5.69. The SMILES string of the molecule is CCNc1nc(NC(C)(C)C)nc(N2CCC(N(CC)CC(=O)O)CC2)n1. The van der Waals surface area contributed by atoms with Crippen molar-refractivity contribution in [1.29, 1.82) is 0 Å². The molecular weight excluding hydrogens is 346 g/mol. The number of hydrogen-bond donors (Lipinski definition) is 3. The minimum atomic E-state index is -0.773. The smallest absolute Gasteiger partial charge is 0.317 e. The normalized spacial score (nSPS) is 15.9. The minimum Gasteiger partial charge on any atom is -0.480 e. The van der Waals surface area contributed by atoms with Crippen LogP contribution in [-0.2, 0) is 4.79 Å². The van der Waals surface area contributed by atoms with Gasteiger partial charge in [-0.1, -0.05) is 6.92 Å². The van der Waals surface area contributed by atoms with Crippen LogP contribution in [0.1, 0.15) is 47.5 Å².